The first-order valence-electron chi connectivity index (χ1n) is 20.2. The van der Waals surface area contributed by atoms with E-state index in [2.05, 4.69) is 35.1 Å². The Balaban J connectivity index is 4.71. The molecule has 0 aromatic heterocycles. The van der Waals surface area contributed by atoms with Gasteiger partial charge in [-0.05, 0) is 38.5 Å². The lowest BCUT2D eigenvalue weighted by Gasteiger charge is -2.21. The topological polar surface area (TPSA) is 228 Å². The molecule has 14 heteroatoms. The van der Waals surface area contributed by atoms with Gasteiger partial charge in [0.15, 0.2) is 0 Å². The van der Waals surface area contributed by atoms with Gasteiger partial charge in [0, 0.05) is 25.8 Å². The standard InChI is InChI=1S/C39H70N4O10/c1-3-5-7-9-11-13-15-17-19-24-33(44)41-30(26-27-35(46)47)38(51)43-31(39(52)53)23-21-22-28-40-37(50)32(29-36(48)49)42-34(45)25-20-18-16-14-12-10-8-6-4-2/h30-32H,3-29H2,1-2H3,(H,40,50)(H,41,44)(H,42,45)(H,43,51)(H,46,47)(H,48,49)(H,52,53). The zero-order valence-electron chi connectivity index (χ0n) is 32.5. The predicted octanol–water partition coefficient (Wildman–Crippen LogP) is 5.99. The molecule has 0 radical (unpaired) electrons. The van der Waals surface area contributed by atoms with E-state index in [1.54, 1.807) is 0 Å². The van der Waals surface area contributed by atoms with Crippen LogP contribution in [0.5, 0.6) is 0 Å². The van der Waals surface area contributed by atoms with Crippen molar-refractivity contribution in [3.05, 3.63) is 0 Å². The number of hydrogen-bond acceptors (Lipinski definition) is 7. The van der Waals surface area contributed by atoms with Crippen LogP contribution in [0.2, 0.25) is 0 Å². The molecule has 0 heterocycles. The fourth-order valence-corrected chi connectivity index (χ4v) is 5.98. The van der Waals surface area contributed by atoms with E-state index in [0.717, 1.165) is 44.9 Å². The monoisotopic (exact) mass is 755 g/mol. The van der Waals surface area contributed by atoms with E-state index >= 15 is 0 Å². The van der Waals surface area contributed by atoms with Crippen molar-refractivity contribution >= 4 is 41.5 Å². The molecule has 0 bridgehead atoms. The van der Waals surface area contributed by atoms with Gasteiger partial charge in [0.1, 0.15) is 18.1 Å². The van der Waals surface area contributed by atoms with Crippen molar-refractivity contribution < 1.29 is 48.9 Å². The van der Waals surface area contributed by atoms with Crippen LogP contribution in [0.25, 0.3) is 0 Å². The number of aliphatic carboxylic acids is 3. The lowest BCUT2D eigenvalue weighted by Crippen LogP contribution is -2.51. The highest BCUT2D eigenvalue weighted by Gasteiger charge is 2.27. The lowest BCUT2D eigenvalue weighted by atomic mass is 10.1. The molecule has 0 aliphatic heterocycles. The Bertz CT molecular complexity index is 1070. The highest BCUT2D eigenvalue weighted by Crippen LogP contribution is 2.12. The van der Waals surface area contributed by atoms with Crippen LogP contribution >= 0.6 is 0 Å². The fraction of sp³-hybridized carbons (Fsp3) is 0.821. The molecule has 0 spiro atoms. The number of carboxylic acids is 3. The maximum atomic E-state index is 13.0. The third-order valence-electron chi connectivity index (χ3n) is 9.18. The van der Waals surface area contributed by atoms with E-state index in [-0.39, 0.29) is 38.6 Å². The summed E-state index contributed by atoms with van der Waals surface area (Å²) in [7, 11) is 0. The average molecular weight is 755 g/mol. The van der Waals surface area contributed by atoms with Crippen LogP contribution in [0.4, 0.5) is 0 Å². The third-order valence-corrected chi connectivity index (χ3v) is 9.18. The molecule has 0 rings (SSSR count). The Labute approximate surface area is 316 Å². The minimum absolute atomic E-state index is 0.0109. The van der Waals surface area contributed by atoms with E-state index in [1.165, 1.54) is 57.8 Å². The zero-order valence-corrected chi connectivity index (χ0v) is 32.5. The van der Waals surface area contributed by atoms with Crippen LogP contribution < -0.4 is 21.3 Å². The highest BCUT2D eigenvalue weighted by molar-refractivity contribution is 5.91. The number of hydrogen-bond donors (Lipinski definition) is 7. The number of carbonyl (C=O) groups excluding carboxylic acids is 4. The first-order chi connectivity index (χ1) is 25.4. The zero-order chi connectivity index (χ0) is 39.7. The van der Waals surface area contributed by atoms with Crippen molar-refractivity contribution in [2.24, 2.45) is 0 Å². The van der Waals surface area contributed by atoms with E-state index in [0.29, 0.717) is 19.3 Å². The first kappa shape index (κ1) is 49.3. The number of amides is 4. The molecule has 0 fully saturated rings. The quantitative estimate of drug-likeness (QED) is 0.0370. The van der Waals surface area contributed by atoms with Crippen molar-refractivity contribution in [2.45, 2.75) is 199 Å². The molecule has 3 unspecified atom stereocenters. The van der Waals surface area contributed by atoms with Gasteiger partial charge >= 0.3 is 17.9 Å². The summed E-state index contributed by atoms with van der Waals surface area (Å²) in [6.45, 7) is 4.43. The Morgan fingerprint density at radius 1 is 0.434 bits per heavy atom. The fourth-order valence-electron chi connectivity index (χ4n) is 5.98. The molecule has 14 nitrogen and oxygen atoms in total. The largest absolute Gasteiger partial charge is 0.481 e. The molecule has 0 saturated carbocycles. The highest BCUT2D eigenvalue weighted by atomic mass is 16.4. The summed E-state index contributed by atoms with van der Waals surface area (Å²) >= 11 is 0. The Hall–Kier alpha value is -3.71. The van der Waals surface area contributed by atoms with Gasteiger partial charge in [-0.3, -0.25) is 28.8 Å². The van der Waals surface area contributed by atoms with E-state index < -0.39 is 72.5 Å². The first-order valence-corrected chi connectivity index (χ1v) is 20.2. The van der Waals surface area contributed by atoms with Crippen molar-refractivity contribution in [2.75, 3.05) is 6.54 Å². The second-order valence-corrected chi connectivity index (χ2v) is 14.1. The van der Waals surface area contributed by atoms with Crippen molar-refractivity contribution in [1.82, 2.24) is 21.3 Å². The van der Waals surface area contributed by atoms with E-state index in [1.807, 2.05) is 0 Å². The van der Waals surface area contributed by atoms with Gasteiger partial charge < -0.3 is 36.6 Å². The minimum Gasteiger partial charge on any atom is -0.481 e. The number of rotatable bonds is 36. The lowest BCUT2D eigenvalue weighted by molar-refractivity contribution is -0.143. The van der Waals surface area contributed by atoms with Crippen LogP contribution in [0.3, 0.4) is 0 Å². The Kier molecular flexibility index (Phi) is 30.6. The predicted molar refractivity (Wildman–Crippen MR) is 203 cm³/mol. The van der Waals surface area contributed by atoms with Gasteiger partial charge in [0.05, 0.1) is 6.42 Å². The minimum atomic E-state index is -1.32. The van der Waals surface area contributed by atoms with Crippen LogP contribution in [0.1, 0.15) is 181 Å². The normalized spacial score (nSPS) is 12.6. The van der Waals surface area contributed by atoms with Gasteiger partial charge in [-0.15, -0.1) is 0 Å². The van der Waals surface area contributed by atoms with Gasteiger partial charge in [-0.2, -0.15) is 0 Å². The molecular weight excluding hydrogens is 684 g/mol. The second-order valence-electron chi connectivity index (χ2n) is 14.1. The summed E-state index contributed by atoms with van der Waals surface area (Å²) in [5, 5.41) is 38.2. The van der Waals surface area contributed by atoms with Crippen LogP contribution in [0, 0.1) is 0 Å². The molecule has 306 valence electrons. The molecular formula is C39H70N4O10. The summed E-state index contributed by atoms with van der Waals surface area (Å²) in [5.74, 6) is -5.95. The van der Waals surface area contributed by atoms with Crippen molar-refractivity contribution in [1.29, 1.82) is 0 Å². The summed E-state index contributed by atoms with van der Waals surface area (Å²) in [6, 6.07) is -3.78. The summed E-state index contributed by atoms with van der Waals surface area (Å²) in [6.07, 6.45) is 19.1. The maximum absolute atomic E-state index is 13.0. The SMILES string of the molecule is CCCCCCCCCCCC(=O)NC(CC(=O)O)C(=O)NCCCCC(NC(=O)C(CCC(=O)O)NC(=O)CCCCCCCCCCC)C(=O)O. The molecule has 7 N–H and O–H groups in total. The summed E-state index contributed by atoms with van der Waals surface area (Å²) in [5.41, 5.74) is 0. The van der Waals surface area contributed by atoms with Gasteiger partial charge in [0.2, 0.25) is 23.6 Å². The van der Waals surface area contributed by atoms with Gasteiger partial charge in [0.25, 0.3) is 0 Å². The summed E-state index contributed by atoms with van der Waals surface area (Å²) < 4.78 is 0. The third kappa shape index (κ3) is 29.4. The second kappa shape index (κ2) is 32.9. The molecule has 53 heavy (non-hydrogen) atoms. The van der Waals surface area contributed by atoms with Crippen LogP contribution in [-0.4, -0.2) is 81.5 Å². The number of nitrogens with one attached hydrogen (secondary N) is 4. The molecule has 0 aliphatic carbocycles. The molecule has 0 aromatic rings. The van der Waals surface area contributed by atoms with E-state index in [9.17, 15) is 43.8 Å². The van der Waals surface area contributed by atoms with Crippen molar-refractivity contribution in [3.8, 4) is 0 Å². The van der Waals surface area contributed by atoms with Gasteiger partial charge in [-0.1, -0.05) is 117 Å². The average Bonchev–Trinajstić information content (AvgIpc) is 3.10. The molecule has 0 saturated heterocycles. The molecule has 3 atom stereocenters. The number of carboxylic acid groups (broad SMARTS) is 3. The molecule has 4 amide bonds. The van der Waals surface area contributed by atoms with Gasteiger partial charge in [-0.25, -0.2) is 4.79 Å². The molecule has 0 aromatic carbocycles. The van der Waals surface area contributed by atoms with E-state index in [4.69, 9.17) is 5.11 Å². The number of unbranched alkanes of at least 4 members (excludes halogenated alkanes) is 17. The van der Waals surface area contributed by atoms with Crippen LogP contribution in [-0.2, 0) is 33.6 Å². The Morgan fingerprint density at radius 3 is 1.32 bits per heavy atom. The Morgan fingerprint density at radius 2 is 0.887 bits per heavy atom. The smallest absolute Gasteiger partial charge is 0.326 e. The van der Waals surface area contributed by atoms with Crippen molar-refractivity contribution in [3.63, 3.8) is 0 Å². The summed E-state index contributed by atoms with van der Waals surface area (Å²) in [4.78, 5) is 85.1. The number of carbonyl (C=O) groups is 7. The maximum Gasteiger partial charge on any atom is 0.326 e. The van der Waals surface area contributed by atoms with Crippen LogP contribution in [0.15, 0.2) is 0 Å². The molecule has 0 aliphatic rings.